The zero-order chi connectivity index (χ0) is 20.4. The molecule has 146 valence electrons. The van der Waals surface area contributed by atoms with E-state index in [4.69, 9.17) is 27.9 Å². The number of amides is 2. The first kappa shape index (κ1) is 22.2. The van der Waals surface area contributed by atoms with Crippen LogP contribution in [0.15, 0.2) is 35.2 Å². The van der Waals surface area contributed by atoms with Gasteiger partial charge in [0, 0.05) is 24.7 Å². The van der Waals surface area contributed by atoms with Crippen LogP contribution >= 0.6 is 80.1 Å². The molecule has 0 aromatic heterocycles. The molecule has 0 atom stereocenters. The standard InChI is InChI=1S/C19H13Cl2I2NO3S/c1-2-27-17-10(6-11(22)8-15(17)23)7-16-18(25)24(19(26)28-16)9-12-13(20)4-3-5-14(12)21/h3-8H,2,9H2,1H3/b16-7+. The van der Waals surface area contributed by atoms with Gasteiger partial charge in [-0.2, -0.15) is 0 Å². The highest BCUT2D eigenvalue weighted by Crippen LogP contribution is 2.38. The van der Waals surface area contributed by atoms with Crippen molar-refractivity contribution in [3.63, 3.8) is 0 Å². The molecule has 0 bridgehead atoms. The Hall–Kier alpha value is -0.490. The second-order valence-corrected chi connectivity index (χ2v) is 9.92. The van der Waals surface area contributed by atoms with Crippen LogP contribution in [-0.4, -0.2) is 22.7 Å². The Kier molecular flexibility index (Phi) is 7.57. The summed E-state index contributed by atoms with van der Waals surface area (Å²) in [5.41, 5.74) is 1.31. The van der Waals surface area contributed by atoms with Gasteiger partial charge < -0.3 is 4.74 Å². The summed E-state index contributed by atoms with van der Waals surface area (Å²) in [5.74, 6) is 0.326. The molecule has 2 aromatic rings. The molecule has 0 spiro atoms. The molecule has 1 aliphatic rings. The third-order valence-electron chi connectivity index (χ3n) is 3.86. The Labute approximate surface area is 204 Å². The monoisotopic (exact) mass is 659 g/mol. The molecule has 0 N–H and O–H groups in total. The summed E-state index contributed by atoms with van der Waals surface area (Å²) >= 11 is 17.7. The number of halogens is 4. The van der Waals surface area contributed by atoms with Gasteiger partial charge in [0.15, 0.2) is 0 Å². The maximum Gasteiger partial charge on any atom is 0.293 e. The van der Waals surface area contributed by atoms with Crippen LogP contribution in [-0.2, 0) is 11.3 Å². The van der Waals surface area contributed by atoms with Gasteiger partial charge in [-0.25, -0.2) is 0 Å². The van der Waals surface area contributed by atoms with Crippen molar-refractivity contribution in [2.24, 2.45) is 0 Å². The van der Waals surface area contributed by atoms with E-state index >= 15 is 0 Å². The maximum absolute atomic E-state index is 12.9. The van der Waals surface area contributed by atoms with E-state index in [-0.39, 0.29) is 17.7 Å². The van der Waals surface area contributed by atoms with Gasteiger partial charge in [-0.1, -0.05) is 29.3 Å². The second-order valence-electron chi connectivity index (χ2n) is 5.71. The first-order valence-corrected chi connectivity index (χ1v) is 11.8. The van der Waals surface area contributed by atoms with Crippen LogP contribution in [0.1, 0.15) is 18.1 Å². The molecule has 0 aliphatic carbocycles. The van der Waals surface area contributed by atoms with Gasteiger partial charge >= 0.3 is 0 Å². The number of hydrogen-bond acceptors (Lipinski definition) is 4. The molecule has 0 saturated carbocycles. The minimum atomic E-state index is -0.373. The number of imide groups is 1. The van der Waals surface area contributed by atoms with Gasteiger partial charge in [-0.15, -0.1) is 0 Å². The fourth-order valence-corrected chi connectivity index (χ4v) is 5.99. The van der Waals surface area contributed by atoms with Crippen LogP contribution in [0, 0.1) is 7.14 Å². The molecule has 2 aromatic carbocycles. The highest BCUT2D eigenvalue weighted by atomic mass is 127. The van der Waals surface area contributed by atoms with Gasteiger partial charge in [-0.3, -0.25) is 14.5 Å². The SMILES string of the molecule is CCOc1c(I)cc(I)cc1/C=C1/SC(=O)N(Cc2c(Cl)cccc2Cl)C1=O. The molecule has 1 heterocycles. The van der Waals surface area contributed by atoms with Crippen molar-refractivity contribution in [2.75, 3.05) is 6.61 Å². The molecular weight excluding hydrogens is 647 g/mol. The minimum absolute atomic E-state index is 0.0304. The van der Waals surface area contributed by atoms with Gasteiger partial charge in [0.05, 0.1) is 21.6 Å². The van der Waals surface area contributed by atoms with Crippen LogP contribution < -0.4 is 4.74 Å². The molecular formula is C19H13Cl2I2NO3S. The van der Waals surface area contributed by atoms with Crippen molar-refractivity contribution in [2.45, 2.75) is 13.5 Å². The van der Waals surface area contributed by atoms with Crippen LogP contribution in [0.4, 0.5) is 4.79 Å². The number of nitrogens with zero attached hydrogens (tertiary/aromatic N) is 1. The van der Waals surface area contributed by atoms with Gasteiger partial charge in [-0.05, 0) is 94.2 Å². The fraction of sp³-hybridized carbons (Fsp3) is 0.158. The van der Waals surface area contributed by atoms with E-state index in [1.165, 1.54) is 0 Å². The largest absolute Gasteiger partial charge is 0.492 e. The topological polar surface area (TPSA) is 46.6 Å². The molecule has 2 amide bonds. The van der Waals surface area contributed by atoms with Crippen molar-refractivity contribution >= 4 is 97.4 Å². The van der Waals surface area contributed by atoms with Crippen molar-refractivity contribution < 1.29 is 14.3 Å². The lowest BCUT2D eigenvalue weighted by Gasteiger charge is -2.15. The molecule has 3 rings (SSSR count). The Bertz CT molecular complexity index is 977. The zero-order valence-corrected chi connectivity index (χ0v) is 21.1. The zero-order valence-electron chi connectivity index (χ0n) is 14.5. The summed E-state index contributed by atoms with van der Waals surface area (Å²) < 4.78 is 7.70. The summed E-state index contributed by atoms with van der Waals surface area (Å²) in [6.07, 6.45) is 1.70. The van der Waals surface area contributed by atoms with Crippen molar-refractivity contribution in [1.29, 1.82) is 0 Å². The average molecular weight is 660 g/mol. The van der Waals surface area contributed by atoms with E-state index < -0.39 is 0 Å². The van der Waals surface area contributed by atoms with Crippen molar-refractivity contribution in [3.05, 3.63) is 63.5 Å². The first-order chi connectivity index (χ1) is 13.3. The van der Waals surface area contributed by atoms with Gasteiger partial charge in [0.2, 0.25) is 0 Å². The summed E-state index contributed by atoms with van der Waals surface area (Å²) in [6.45, 7) is 2.44. The number of thioether (sulfide) groups is 1. The highest BCUT2D eigenvalue weighted by Gasteiger charge is 2.36. The smallest absolute Gasteiger partial charge is 0.293 e. The van der Waals surface area contributed by atoms with Crippen molar-refractivity contribution in [3.8, 4) is 5.75 Å². The molecule has 1 aliphatic heterocycles. The third-order valence-corrected chi connectivity index (χ3v) is 6.90. The Morgan fingerprint density at radius 2 is 1.86 bits per heavy atom. The first-order valence-electron chi connectivity index (χ1n) is 8.12. The lowest BCUT2D eigenvalue weighted by Crippen LogP contribution is -2.27. The quantitative estimate of drug-likeness (QED) is 0.261. The highest BCUT2D eigenvalue weighted by molar-refractivity contribution is 14.1. The number of ether oxygens (including phenoxy) is 1. The van der Waals surface area contributed by atoms with Crippen LogP contribution in [0.3, 0.4) is 0 Å². The van der Waals surface area contributed by atoms with E-state index in [0.29, 0.717) is 32.9 Å². The van der Waals surface area contributed by atoms with Crippen LogP contribution in [0.2, 0.25) is 10.0 Å². The molecule has 1 saturated heterocycles. The number of carbonyl (C=O) groups is 2. The lowest BCUT2D eigenvalue weighted by molar-refractivity contribution is -0.123. The van der Waals surface area contributed by atoms with Gasteiger partial charge in [0.1, 0.15) is 5.75 Å². The van der Waals surface area contributed by atoms with Crippen molar-refractivity contribution in [1.82, 2.24) is 4.90 Å². The summed E-state index contributed by atoms with van der Waals surface area (Å²) in [7, 11) is 0. The number of carbonyl (C=O) groups excluding carboxylic acids is 2. The fourth-order valence-electron chi connectivity index (χ4n) is 2.60. The minimum Gasteiger partial charge on any atom is -0.492 e. The van der Waals surface area contributed by atoms with E-state index in [1.807, 2.05) is 19.1 Å². The summed E-state index contributed by atoms with van der Waals surface area (Å²) in [6, 6.07) is 9.00. The third kappa shape index (κ3) is 4.80. The number of benzene rings is 2. The molecule has 0 unspecified atom stereocenters. The molecule has 4 nitrogen and oxygen atoms in total. The van der Waals surface area contributed by atoms with E-state index in [0.717, 1.165) is 29.4 Å². The van der Waals surface area contributed by atoms with E-state index in [9.17, 15) is 9.59 Å². The predicted octanol–water partition coefficient (Wildman–Crippen LogP) is 6.84. The Morgan fingerprint density at radius 3 is 2.50 bits per heavy atom. The molecule has 1 fully saturated rings. The number of rotatable bonds is 5. The number of hydrogen-bond donors (Lipinski definition) is 0. The normalized spacial score (nSPS) is 15.6. The lowest BCUT2D eigenvalue weighted by atomic mass is 10.1. The predicted molar refractivity (Wildman–Crippen MR) is 131 cm³/mol. The Balaban J connectivity index is 1.94. The van der Waals surface area contributed by atoms with E-state index in [2.05, 4.69) is 45.2 Å². The molecule has 9 heteroatoms. The van der Waals surface area contributed by atoms with Gasteiger partial charge in [0.25, 0.3) is 11.1 Å². The van der Waals surface area contributed by atoms with Crippen LogP contribution in [0.25, 0.3) is 6.08 Å². The second kappa shape index (κ2) is 9.55. The Morgan fingerprint density at radius 1 is 1.18 bits per heavy atom. The average Bonchev–Trinajstić information content (AvgIpc) is 2.88. The van der Waals surface area contributed by atoms with E-state index in [1.54, 1.807) is 24.3 Å². The molecule has 28 heavy (non-hydrogen) atoms. The summed E-state index contributed by atoms with van der Waals surface area (Å²) in [4.78, 5) is 26.8. The maximum atomic E-state index is 12.9. The van der Waals surface area contributed by atoms with Crippen LogP contribution in [0.5, 0.6) is 5.75 Å². The summed E-state index contributed by atoms with van der Waals surface area (Å²) in [5, 5.41) is 0.480. The molecule has 0 radical (unpaired) electrons.